The predicted octanol–water partition coefficient (Wildman–Crippen LogP) is 4.48. The average molecular weight is 439 g/mol. The highest BCUT2D eigenvalue weighted by atomic mass is 35.5. The summed E-state index contributed by atoms with van der Waals surface area (Å²) in [6.45, 7) is 4.53. The molecule has 1 amide bonds. The number of nitrogens with zero attached hydrogens (tertiary/aromatic N) is 3. The Morgan fingerprint density at radius 3 is 2.83 bits per heavy atom. The summed E-state index contributed by atoms with van der Waals surface area (Å²) < 4.78 is 8.17. The zero-order valence-electron chi connectivity index (χ0n) is 16.8. The summed E-state index contributed by atoms with van der Waals surface area (Å²) in [5.74, 6) is 1.59. The normalized spacial score (nSPS) is 14.7. The van der Waals surface area contributed by atoms with Gasteiger partial charge in [-0.1, -0.05) is 42.6 Å². The number of benzene rings is 1. The van der Waals surface area contributed by atoms with Gasteiger partial charge in [-0.3, -0.25) is 14.2 Å². The zero-order valence-corrected chi connectivity index (χ0v) is 18.4. The molecule has 158 valence electrons. The number of halogens is 1. The van der Waals surface area contributed by atoms with Crippen LogP contribution in [0.2, 0.25) is 5.02 Å². The molecule has 0 radical (unpaired) electrons. The fraction of sp³-hybridized carbons (Fsp3) is 0.550. The summed E-state index contributed by atoms with van der Waals surface area (Å²) in [4.78, 5) is 16.9. The number of aryl methyl sites for hydroxylation is 1. The number of nitrogens with one attached hydrogen (secondary N) is 1. The van der Waals surface area contributed by atoms with Gasteiger partial charge in [0.05, 0.1) is 12.4 Å². The van der Waals surface area contributed by atoms with Gasteiger partial charge in [-0.15, -0.1) is 10.2 Å². The van der Waals surface area contributed by atoms with Crippen LogP contribution in [0.5, 0.6) is 5.75 Å². The van der Waals surface area contributed by atoms with E-state index in [4.69, 9.17) is 21.2 Å². The molecule has 1 heterocycles. The standard InChI is InChI=1S/C20H27ClN4O3S/c1-3-28-24-19(26)13-29-20-23-22-18(25(20)16-7-5-4-6-8-16)12-27-17-10-9-15(21)11-14(17)2/h9-11,16H,3-8,12-13H2,1-2H3,(H,24,26). The van der Waals surface area contributed by atoms with E-state index in [1.165, 1.54) is 31.0 Å². The van der Waals surface area contributed by atoms with E-state index in [1.54, 1.807) is 0 Å². The first kappa shape index (κ1) is 21.9. The molecule has 1 aliphatic rings. The molecule has 2 aromatic rings. The lowest BCUT2D eigenvalue weighted by atomic mass is 9.95. The van der Waals surface area contributed by atoms with Crippen LogP contribution in [0.1, 0.15) is 56.5 Å². The molecule has 1 saturated carbocycles. The number of amides is 1. The molecule has 1 aromatic heterocycles. The summed E-state index contributed by atoms with van der Waals surface area (Å²) in [6.07, 6.45) is 5.81. The molecular weight excluding hydrogens is 412 g/mol. The predicted molar refractivity (Wildman–Crippen MR) is 113 cm³/mol. The average Bonchev–Trinajstić information content (AvgIpc) is 3.13. The van der Waals surface area contributed by atoms with Crippen molar-refractivity contribution in [1.29, 1.82) is 0 Å². The van der Waals surface area contributed by atoms with Gasteiger partial charge in [0.2, 0.25) is 0 Å². The Bertz CT molecular complexity index is 824. The second-order valence-electron chi connectivity index (χ2n) is 7.01. The third-order valence-corrected chi connectivity index (χ3v) is 6.01. The van der Waals surface area contributed by atoms with Crippen molar-refractivity contribution in [2.45, 2.75) is 63.8 Å². The van der Waals surface area contributed by atoms with E-state index in [0.29, 0.717) is 24.3 Å². The summed E-state index contributed by atoms with van der Waals surface area (Å²) in [7, 11) is 0. The zero-order chi connectivity index (χ0) is 20.6. The third-order valence-electron chi connectivity index (χ3n) is 4.83. The van der Waals surface area contributed by atoms with Crippen molar-refractivity contribution >= 4 is 29.3 Å². The molecule has 7 nitrogen and oxygen atoms in total. The van der Waals surface area contributed by atoms with Gasteiger partial charge in [0.1, 0.15) is 12.4 Å². The highest BCUT2D eigenvalue weighted by molar-refractivity contribution is 7.99. The van der Waals surface area contributed by atoms with Gasteiger partial charge in [-0.05, 0) is 50.5 Å². The topological polar surface area (TPSA) is 78.3 Å². The summed E-state index contributed by atoms with van der Waals surface area (Å²) in [5, 5.41) is 10.1. The molecule has 3 rings (SSSR count). The molecule has 0 unspecified atom stereocenters. The van der Waals surface area contributed by atoms with E-state index in [0.717, 1.165) is 35.1 Å². The van der Waals surface area contributed by atoms with Crippen LogP contribution in [0.15, 0.2) is 23.4 Å². The molecule has 0 aliphatic heterocycles. The lowest BCUT2D eigenvalue weighted by Crippen LogP contribution is -2.25. The Labute approximate surface area is 180 Å². The summed E-state index contributed by atoms with van der Waals surface area (Å²) in [5.41, 5.74) is 3.39. The molecule has 1 N–H and O–H groups in total. The molecule has 9 heteroatoms. The Balaban J connectivity index is 1.73. The first-order valence-corrected chi connectivity index (χ1v) is 11.3. The number of hydrogen-bond acceptors (Lipinski definition) is 6. The summed E-state index contributed by atoms with van der Waals surface area (Å²) in [6, 6.07) is 5.89. The monoisotopic (exact) mass is 438 g/mol. The van der Waals surface area contributed by atoms with E-state index in [9.17, 15) is 4.79 Å². The van der Waals surface area contributed by atoms with Crippen molar-refractivity contribution in [3.63, 3.8) is 0 Å². The minimum Gasteiger partial charge on any atom is -0.485 e. The number of rotatable bonds is 9. The summed E-state index contributed by atoms with van der Waals surface area (Å²) >= 11 is 7.40. The fourth-order valence-corrected chi connectivity index (χ4v) is 4.48. The molecule has 29 heavy (non-hydrogen) atoms. The van der Waals surface area contributed by atoms with Gasteiger partial charge in [0, 0.05) is 11.1 Å². The van der Waals surface area contributed by atoms with E-state index in [1.807, 2.05) is 32.0 Å². The molecular formula is C20H27ClN4O3S. The number of thioether (sulfide) groups is 1. The van der Waals surface area contributed by atoms with Gasteiger partial charge in [0.25, 0.3) is 5.91 Å². The van der Waals surface area contributed by atoms with Crippen LogP contribution in [-0.4, -0.2) is 33.0 Å². The largest absolute Gasteiger partial charge is 0.485 e. The molecule has 0 saturated heterocycles. The van der Waals surface area contributed by atoms with Crippen molar-refractivity contribution in [2.24, 2.45) is 0 Å². The highest BCUT2D eigenvalue weighted by Crippen LogP contribution is 2.33. The van der Waals surface area contributed by atoms with Crippen LogP contribution >= 0.6 is 23.4 Å². The molecule has 0 spiro atoms. The van der Waals surface area contributed by atoms with Gasteiger partial charge in [-0.25, -0.2) is 5.48 Å². The lowest BCUT2D eigenvalue weighted by molar-refractivity contribution is -0.130. The van der Waals surface area contributed by atoms with Crippen LogP contribution < -0.4 is 10.2 Å². The molecule has 0 bridgehead atoms. The Hall–Kier alpha value is -1.77. The number of hydrogen-bond donors (Lipinski definition) is 1. The second-order valence-corrected chi connectivity index (χ2v) is 8.38. The minimum atomic E-state index is -0.190. The van der Waals surface area contributed by atoms with E-state index >= 15 is 0 Å². The quantitative estimate of drug-likeness (QED) is 0.459. The van der Waals surface area contributed by atoms with Crippen molar-refractivity contribution in [3.8, 4) is 5.75 Å². The van der Waals surface area contributed by atoms with Crippen LogP contribution in [0.25, 0.3) is 0 Å². The second kappa shape index (κ2) is 10.8. The van der Waals surface area contributed by atoms with Crippen molar-refractivity contribution < 1.29 is 14.4 Å². The number of aromatic nitrogens is 3. The van der Waals surface area contributed by atoms with Gasteiger partial charge >= 0.3 is 0 Å². The maximum absolute atomic E-state index is 11.9. The van der Waals surface area contributed by atoms with Gasteiger partial charge < -0.3 is 4.74 Å². The van der Waals surface area contributed by atoms with Crippen LogP contribution in [-0.2, 0) is 16.2 Å². The van der Waals surface area contributed by atoms with E-state index in [-0.39, 0.29) is 11.7 Å². The van der Waals surface area contributed by atoms with Crippen molar-refractivity contribution in [1.82, 2.24) is 20.2 Å². The molecule has 1 aliphatic carbocycles. The van der Waals surface area contributed by atoms with Crippen LogP contribution in [0.3, 0.4) is 0 Å². The SMILES string of the molecule is CCONC(=O)CSc1nnc(COc2ccc(Cl)cc2C)n1C1CCCCC1. The molecule has 0 atom stereocenters. The Kier molecular flexibility index (Phi) is 8.20. The maximum Gasteiger partial charge on any atom is 0.254 e. The number of carbonyl (C=O) groups is 1. The van der Waals surface area contributed by atoms with E-state index in [2.05, 4.69) is 20.2 Å². The third kappa shape index (κ3) is 6.10. The molecule has 1 aromatic carbocycles. The van der Waals surface area contributed by atoms with E-state index < -0.39 is 0 Å². The van der Waals surface area contributed by atoms with Crippen molar-refractivity contribution in [2.75, 3.05) is 12.4 Å². The number of carbonyl (C=O) groups excluding carboxylic acids is 1. The lowest BCUT2D eigenvalue weighted by Gasteiger charge is -2.25. The van der Waals surface area contributed by atoms with Gasteiger partial charge in [0.15, 0.2) is 11.0 Å². The Morgan fingerprint density at radius 2 is 2.10 bits per heavy atom. The maximum atomic E-state index is 11.9. The fourth-order valence-electron chi connectivity index (χ4n) is 3.44. The van der Waals surface area contributed by atoms with Crippen LogP contribution in [0, 0.1) is 6.92 Å². The van der Waals surface area contributed by atoms with Crippen LogP contribution in [0.4, 0.5) is 0 Å². The number of ether oxygens (including phenoxy) is 1. The first-order valence-electron chi connectivity index (χ1n) is 9.94. The minimum absolute atomic E-state index is 0.190. The Morgan fingerprint density at radius 1 is 1.31 bits per heavy atom. The number of hydroxylamine groups is 1. The first-order chi connectivity index (χ1) is 14.1. The highest BCUT2D eigenvalue weighted by Gasteiger charge is 2.24. The van der Waals surface area contributed by atoms with Crippen molar-refractivity contribution in [3.05, 3.63) is 34.6 Å². The smallest absolute Gasteiger partial charge is 0.254 e. The molecule has 1 fully saturated rings. The van der Waals surface area contributed by atoms with Gasteiger partial charge in [-0.2, -0.15) is 0 Å².